The predicted molar refractivity (Wildman–Crippen MR) is 77.7 cm³/mol. The van der Waals surface area contributed by atoms with Crippen LogP contribution in [0.4, 0.5) is 10.1 Å². The fourth-order valence-corrected chi connectivity index (χ4v) is 3.69. The lowest BCUT2D eigenvalue weighted by molar-refractivity contribution is 0.189. The molecule has 0 saturated heterocycles. The molecule has 2 aromatic rings. The van der Waals surface area contributed by atoms with Crippen molar-refractivity contribution in [2.24, 2.45) is 0 Å². The maximum Gasteiger partial charge on any atom is 0.129 e. The molecule has 1 aliphatic rings. The zero-order chi connectivity index (χ0) is 13.4. The number of nitrogens with zero attached hydrogens (tertiary/aromatic N) is 1. The molecule has 2 nitrogen and oxygen atoms in total. The first-order chi connectivity index (χ1) is 9.16. The van der Waals surface area contributed by atoms with Crippen LogP contribution >= 0.6 is 11.3 Å². The van der Waals surface area contributed by atoms with E-state index in [1.54, 1.807) is 12.1 Å². The van der Waals surface area contributed by atoms with E-state index < -0.39 is 0 Å². The van der Waals surface area contributed by atoms with Crippen molar-refractivity contribution in [1.82, 2.24) is 4.90 Å². The van der Waals surface area contributed by atoms with Gasteiger partial charge in [-0.1, -0.05) is 6.07 Å². The Hall–Kier alpha value is -1.39. The van der Waals surface area contributed by atoms with Crippen LogP contribution in [0.5, 0.6) is 0 Å². The Morgan fingerprint density at radius 3 is 3.05 bits per heavy atom. The first-order valence-electron chi connectivity index (χ1n) is 6.50. The molecule has 0 fully saturated rings. The van der Waals surface area contributed by atoms with Crippen molar-refractivity contribution >= 4 is 17.0 Å². The number of fused-ring (bicyclic) bond motifs is 1. The van der Waals surface area contributed by atoms with E-state index >= 15 is 0 Å². The van der Waals surface area contributed by atoms with Crippen molar-refractivity contribution in [1.29, 1.82) is 0 Å². The van der Waals surface area contributed by atoms with E-state index in [0.29, 0.717) is 23.8 Å². The minimum atomic E-state index is -0.205. The lowest BCUT2D eigenvalue weighted by Gasteiger charge is -2.33. The van der Waals surface area contributed by atoms with Crippen LogP contribution < -0.4 is 5.73 Å². The summed E-state index contributed by atoms with van der Waals surface area (Å²) in [6.45, 7) is 3.72. The SMILES string of the molecule is CC1c2ccsc2CCN1Cc1c(N)cccc1F. The zero-order valence-corrected chi connectivity index (χ0v) is 11.7. The molecule has 1 aromatic heterocycles. The summed E-state index contributed by atoms with van der Waals surface area (Å²) in [7, 11) is 0. The molecule has 4 heteroatoms. The number of nitrogens with two attached hydrogens (primary N) is 1. The highest BCUT2D eigenvalue weighted by Crippen LogP contribution is 2.34. The molecule has 1 aliphatic heterocycles. The molecule has 0 radical (unpaired) electrons. The van der Waals surface area contributed by atoms with Crippen LogP contribution in [0, 0.1) is 5.82 Å². The lowest BCUT2D eigenvalue weighted by Crippen LogP contribution is -2.33. The van der Waals surface area contributed by atoms with Gasteiger partial charge in [0.1, 0.15) is 5.82 Å². The van der Waals surface area contributed by atoms with Crippen LogP contribution in [0.15, 0.2) is 29.6 Å². The molecule has 2 heterocycles. The standard InChI is InChI=1S/C15H17FN2S/c1-10-11-6-8-19-15(11)5-7-18(10)9-12-13(16)3-2-4-14(12)17/h2-4,6,8,10H,5,7,9,17H2,1H3. The van der Waals surface area contributed by atoms with Crippen LogP contribution in [0.3, 0.4) is 0 Å². The molecule has 100 valence electrons. The molecule has 0 saturated carbocycles. The van der Waals surface area contributed by atoms with Gasteiger partial charge < -0.3 is 5.73 Å². The number of hydrogen-bond donors (Lipinski definition) is 1. The fraction of sp³-hybridized carbons (Fsp3) is 0.333. The van der Waals surface area contributed by atoms with Crippen molar-refractivity contribution < 1.29 is 4.39 Å². The fourth-order valence-electron chi connectivity index (χ4n) is 2.72. The summed E-state index contributed by atoms with van der Waals surface area (Å²) in [6.07, 6.45) is 1.05. The Balaban J connectivity index is 1.85. The molecule has 1 unspecified atom stereocenters. The van der Waals surface area contributed by atoms with E-state index in [1.807, 2.05) is 11.3 Å². The number of hydrogen-bond acceptors (Lipinski definition) is 3. The normalized spacial score (nSPS) is 19.4. The highest BCUT2D eigenvalue weighted by atomic mass is 32.1. The first-order valence-corrected chi connectivity index (χ1v) is 7.38. The number of nitrogen functional groups attached to an aromatic ring is 1. The Kier molecular flexibility index (Phi) is 3.29. The second-order valence-corrected chi connectivity index (χ2v) is 6.00. The van der Waals surface area contributed by atoms with Gasteiger partial charge >= 0.3 is 0 Å². The Morgan fingerprint density at radius 1 is 1.42 bits per heavy atom. The van der Waals surface area contributed by atoms with Gasteiger partial charge in [-0.3, -0.25) is 4.90 Å². The van der Waals surface area contributed by atoms with Gasteiger partial charge in [-0.2, -0.15) is 0 Å². The third-order valence-electron chi connectivity index (χ3n) is 3.92. The Labute approximate surface area is 116 Å². The first kappa shape index (κ1) is 12.6. The van der Waals surface area contributed by atoms with Gasteiger partial charge in [-0.05, 0) is 42.5 Å². The van der Waals surface area contributed by atoms with E-state index in [0.717, 1.165) is 13.0 Å². The highest BCUT2D eigenvalue weighted by Gasteiger charge is 2.25. The predicted octanol–water partition coefficient (Wildman–Crippen LogP) is 3.59. The molecule has 0 amide bonds. The summed E-state index contributed by atoms with van der Waals surface area (Å²) in [4.78, 5) is 3.76. The minimum Gasteiger partial charge on any atom is -0.398 e. The molecular weight excluding hydrogens is 259 g/mol. The van der Waals surface area contributed by atoms with Crippen molar-refractivity contribution in [3.63, 3.8) is 0 Å². The third kappa shape index (κ3) is 2.26. The van der Waals surface area contributed by atoms with E-state index in [4.69, 9.17) is 5.73 Å². The summed E-state index contributed by atoms with van der Waals surface area (Å²) in [5.41, 5.74) is 8.44. The summed E-state index contributed by atoms with van der Waals surface area (Å²) < 4.78 is 13.9. The second-order valence-electron chi connectivity index (χ2n) is 5.00. The molecule has 2 N–H and O–H groups in total. The van der Waals surface area contributed by atoms with E-state index in [1.165, 1.54) is 16.5 Å². The monoisotopic (exact) mass is 276 g/mol. The number of benzene rings is 1. The highest BCUT2D eigenvalue weighted by molar-refractivity contribution is 7.10. The van der Waals surface area contributed by atoms with Gasteiger partial charge in [0.25, 0.3) is 0 Å². The van der Waals surface area contributed by atoms with Crippen molar-refractivity contribution in [2.45, 2.75) is 25.9 Å². The second kappa shape index (κ2) is 4.94. The Bertz CT molecular complexity index is 573. The number of anilines is 1. The molecule has 1 aromatic carbocycles. The van der Waals surface area contributed by atoms with Crippen molar-refractivity contribution in [3.05, 3.63) is 51.5 Å². The van der Waals surface area contributed by atoms with Crippen LogP contribution in [-0.4, -0.2) is 11.4 Å². The van der Waals surface area contributed by atoms with Crippen LogP contribution in [0.25, 0.3) is 0 Å². The summed E-state index contributed by atoms with van der Waals surface area (Å²) >= 11 is 1.82. The molecule has 1 atom stereocenters. The molecular formula is C15H17FN2S. The van der Waals surface area contributed by atoms with Gasteiger partial charge in [0.15, 0.2) is 0 Å². The van der Waals surface area contributed by atoms with Gasteiger partial charge in [0, 0.05) is 35.3 Å². The van der Waals surface area contributed by atoms with Gasteiger partial charge in [-0.15, -0.1) is 11.3 Å². The number of thiophene rings is 1. The van der Waals surface area contributed by atoms with Gasteiger partial charge in [0.2, 0.25) is 0 Å². The molecule has 19 heavy (non-hydrogen) atoms. The lowest BCUT2D eigenvalue weighted by atomic mass is 10.0. The van der Waals surface area contributed by atoms with Gasteiger partial charge in [0.05, 0.1) is 0 Å². The summed E-state index contributed by atoms with van der Waals surface area (Å²) in [5.74, 6) is -0.205. The zero-order valence-electron chi connectivity index (χ0n) is 10.9. The molecule has 3 rings (SSSR count). The van der Waals surface area contributed by atoms with E-state index in [-0.39, 0.29) is 5.82 Å². The summed E-state index contributed by atoms with van der Waals surface area (Å²) in [6, 6.07) is 7.42. The minimum absolute atomic E-state index is 0.205. The van der Waals surface area contributed by atoms with Crippen molar-refractivity contribution in [2.75, 3.05) is 12.3 Å². The van der Waals surface area contributed by atoms with Crippen molar-refractivity contribution in [3.8, 4) is 0 Å². The molecule has 0 spiro atoms. The van der Waals surface area contributed by atoms with Gasteiger partial charge in [-0.25, -0.2) is 4.39 Å². The van der Waals surface area contributed by atoms with Crippen LogP contribution in [0.2, 0.25) is 0 Å². The van der Waals surface area contributed by atoms with E-state index in [9.17, 15) is 4.39 Å². The average Bonchev–Trinajstić information content (AvgIpc) is 2.85. The topological polar surface area (TPSA) is 29.3 Å². The number of halogens is 1. The largest absolute Gasteiger partial charge is 0.398 e. The third-order valence-corrected chi connectivity index (χ3v) is 4.92. The molecule has 0 bridgehead atoms. The summed E-state index contributed by atoms with van der Waals surface area (Å²) in [5, 5.41) is 2.14. The molecule has 0 aliphatic carbocycles. The maximum absolute atomic E-state index is 13.9. The smallest absolute Gasteiger partial charge is 0.129 e. The maximum atomic E-state index is 13.9. The van der Waals surface area contributed by atoms with Crippen LogP contribution in [-0.2, 0) is 13.0 Å². The number of rotatable bonds is 2. The Morgan fingerprint density at radius 2 is 2.26 bits per heavy atom. The van der Waals surface area contributed by atoms with Crippen LogP contribution in [0.1, 0.15) is 29.0 Å². The quantitative estimate of drug-likeness (QED) is 0.849. The van der Waals surface area contributed by atoms with E-state index in [2.05, 4.69) is 23.3 Å². The average molecular weight is 276 g/mol.